The Labute approximate surface area is 333 Å². The van der Waals surface area contributed by atoms with Crippen molar-refractivity contribution in [1.29, 1.82) is 0 Å². The Morgan fingerprint density at radius 1 is 0.298 bits per heavy atom. The quantitative estimate of drug-likeness (QED) is 0.166. The minimum atomic E-state index is 1.17. The van der Waals surface area contributed by atoms with Gasteiger partial charge in [0.05, 0.1) is 27.8 Å². The third-order valence-corrected chi connectivity index (χ3v) is 12.9. The standard InChI is InChI=1S/C54H34N2S/c1-3-15-35(16-4-1)40-19-7-11-23-48(40)56-50-25-13-9-21-42(50)46-32-38(28-30-52(46)56)37-27-29-51-45(31-37)41-20-8-12-24-49(41)55(51)39-33-44(36-17-5-2-6-18-36)54-47(34-39)43-22-10-14-26-53(43)57-54/h1-34H. The van der Waals surface area contributed by atoms with E-state index in [1.54, 1.807) is 0 Å². The van der Waals surface area contributed by atoms with E-state index in [9.17, 15) is 0 Å². The Balaban J connectivity index is 1.05. The fourth-order valence-corrected chi connectivity index (χ4v) is 10.4. The molecule has 0 saturated carbocycles. The first-order valence-electron chi connectivity index (χ1n) is 19.5. The number of benzene rings is 9. The molecular formula is C54H34N2S. The van der Waals surface area contributed by atoms with Crippen molar-refractivity contribution >= 4 is 75.1 Å². The Bertz CT molecular complexity index is 3510. The second kappa shape index (κ2) is 12.7. The minimum absolute atomic E-state index is 1.17. The van der Waals surface area contributed by atoms with Gasteiger partial charge >= 0.3 is 0 Å². The molecule has 0 spiro atoms. The molecule has 0 bridgehead atoms. The molecule has 57 heavy (non-hydrogen) atoms. The number of hydrogen-bond donors (Lipinski definition) is 0. The molecule has 0 aliphatic rings. The van der Waals surface area contributed by atoms with E-state index in [1.165, 1.54) is 109 Å². The number of para-hydroxylation sites is 3. The summed E-state index contributed by atoms with van der Waals surface area (Å²) in [6.45, 7) is 0. The van der Waals surface area contributed by atoms with Crippen LogP contribution in [0.2, 0.25) is 0 Å². The molecule has 12 rings (SSSR count). The van der Waals surface area contributed by atoms with Gasteiger partial charge in [-0.1, -0.05) is 146 Å². The summed E-state index contributed by atoms with van der Waals surface area (Å²) in [5, 5.41) is 7.60. The molecule has 0 amide bonds. The molecule has 0 aliphatic heterocycles. The number of hydrogen-bond acceptors (Lipinski definition) is 1. The second-order valence-electron chi connectivity index (χ2n) is 14.9. The van der Waals surface area contributed by atoms with Crippen LogP contribution in [0.3, 0.4) is 0 Å². The summed E-state index contributed by atoms with van der Waals surface area (Å²) < 4.78 is 7.54. The van der Waals surface area contributed by atoms with Gasteiger partial charge in [0.1, 0.15) is 0 Å². The van der Waals surface area contributed by atoms with Gasteiger partial charge in [-0.25, -0.2) is 0 Å². The van der Waals surface area contributed by atoms with Crippen molar-refractivity contribution < 1.29 is 0 Å². The molecule has 0 unspecified atom stereocenters. The third-order valence-electron chi connectivity index (χ3n) is 11.7. The fraction of sp³-hybridized carbons (Fsp3) is 0. The average Bonchev–Trinajstić information content (AvgIpc) is 3.94. The molecule has 0 N–H and O–H groups in total. The van der Waals surface area contributed by atoms with Crippen LogP contribution < -0.4 is 0 Å². The number of thiophene rings is 1. The summed E-state index contributed by atoms with van der Waals surface area (Å²) in [5.41, 5.74) is 14.5. The second-order valence-corrected chi connectivity index (χ2v) is 15.9. The van der Waals surface area contributed by atoms with Crippen molar-refractivity contribution in [1.82, 2.24) is 9.13 Å². The van der Waals surface area contributed by atoms with Crippen LogP contribution in [0.15, 0.2) is 206 Å². The van der Waals surface area contributed by atoms with Gasteiger partial charge in [0.25, 0.3) is 0 Å². The fourth-order valence-electron chi connectivity index (χ4n) is 9.15. The summed E-state index contributed by atoms with van der Waals surface area (Å²) in [7, 11) is 0. The summed E-state index contributed by atoms with van der Waals surface area (Å²) in [4.78, 5) is 0. The predicted molar refractivity (Wildman–Crippen MR) is 244 cm³/mol. The molecule has 266 valence electrons. The van der Waals surface area contributed by atoms with Crippen molar-refractivity contribution in [2.75, 3.05) is 0 Å². The molecule has 0 radical (unpaired) electrons. The Hall–Kier alpha value is -7.20. The summed E-state index contributed by atoms with van der Waals surface area (Å²) in [6.07, 6.45) is 0. The van der Waals surface area contributed by atoms with E-state index in [1.807, 2.05) is 11.3 Å². The average molecular weight is 743 g/mol. The molecule has 3 heteroatoms. The molecule has 3 aromatic heterocycles. The molecule has 12 aromatic rings. The van der Waals surface area contributed by atoms with E-state index in [0.717, 1.165) is 0 Å². The highest BCUT2D eigenvalue weighted by Crippen LogP contribution is 2.44. The normalized spacial score (nSPS) is 11.9. The maximum Gasteiger partial charge on any atom is 0.0541 e. The topological polar surface area (TPSA) is 9.86 Å². The first-order valence-corrected chi connectivity index (χ1v) is 20.3. The number of aromatic nitrogens is 2. The van der Waals surface area contributed by atoms with Crippen LogP contribution in [0, 0.1) is 0 Å². The molecule has 0 fully saturated rings. The maximum atomic E-state index is 2.47. The zero-order chi connectivity index (χ0) is 37.5. The summed E-state index contributed by atoms with van der Waals surface area (Å²) >= 11 is 1.89. The molecular weight excluding hydrogens is 709 g/mol. The van der Waals surface area contributed by atoms with Gasteiger partial charge in [0.2, 0.25) is 0 Å². The van der Waals surface area contributed by atoms with Crippen LogP contribution in [0.5, 0.6) is 0 Å². The van der Waals surface area contributed by atoms with E-state index in [4.69, 9.17) is 0 Å². The lowest BCUT2D eigenvalue weighted by Gasteiger charge is -2.14. The number of rotatable bonds is 5. The molecule has 9 aromatic carbocycles. The lowest BCUT2D eigenvalue weighted by molar-refractivity contribution is 1.18. The van der Waals surface area contributed by atoms with Gasteiger partial charge in [0.15, 0.2) is 0 Å². The van der Waals surface area contributed by atoms with Gasteiger partial charge in [-0.3, -0.25) is 0 Å². The van der Waals surface area contributed by atoms with Crippen LogP contribution >= 0.6 is 11.3 Å². The largest absolute Gasteiger partial charge is 0.309 e. The highest BCUT2D eigenvalue weighted by Gasteiger charge is 2.19. The Morgan fingerprint density at radius 3 is 1.49 bits per heavy atom. The van der Waals surface area contributed by atoms with Gasteiger partial charge in [0, 0.05) is 58.5 Å². The van der Waals surface area contributed by atoms with Gasteiger partial charge < -0.3 is 9.13 Å². The van der Waals surface area contributed by atoms with E-state index in [-0.39, 0.29) is 0 Å². The number of nitrogens with zero attached hydrogens (tertiary/aromatic N) is 2. The summed E-state index contributed by atoms with van der Waals surface area (Å²) in [6, 6.07) is 75.6. The van der Waals surface area contributed by atoms with E-state index in [2.05, 4.69) is 215 Å². The molecule has 0 aliphatic carbocycles. The van der Waals surface area contributed by atoms with Gasteiger partial charge in [-0.05, 0) is 82.9 Å². The lowest BCUT2D eigenvalue weighted by Crippen LogP contribution is -1.97. The Kier molecular flexibility index (Phi) is 7.13. The van der Waals surface area contributed by atoms with Crippen LogP contribution in [-0.2, 0) is 0 Å². The van der Waals surface area contributed by atoms with E-state index >= 15 is 0 Å². The van der Waals surface area contributed by atoms with Crippen molar-refractivity contribution in [3.8, 4) is 44.8 Å². The van der Waals surface area contributed by atoms with Crippen molar-refractivity contribution in [2.24, 2.45) is 0 Å². The van der Waals surface area contributed by atoms with Crippen LogP contribution in [0.25, 0.3) is 109 Å². The smallest absolute Gasteiger partial charge is 0.0541 e. The van der Waals surface area contributed by atoms with E-state index in [0.29, 0.717) is 0 Å². The SMILES string of the molecule is c1ccc(-c2ccccc2-n2c3ccccc3c3cc(-c4ccc5c(c4)c4ccccc4n5-c4cc(-c5ccccc5)c5sc6ccccc6c5c4)ccc32)cc1. The third kappa shape index (κ3) is 4.96. The van der Waals surface area contributed by atoms with Crippen LogP contribution in [0.4, 0.5) is 0 Å². The lowest BCUT2D eigenvalue weighted by atomic mass is 10.0. The van der Waals surface area contributed by atoms with Crippen molar-refractivity contribution in [2.45, 2.75) is 0 Å². The van der Waals surface area contributed by atoms with Crippen LogP contribution in [-0.4, -0.2) is 9.13 Å². The molecule has 0 atom stereocenters. The predicted octanol–water partition coefficient (Wildman–Crippen LogP) is 15.2. The molecule has 2 nitrogen and oxygen atoms in total. The first-order chi connectivity index (χ1) is 28.3. The van der Waals surface area contributed by atoms with Gasteiger partial charge in [-0.2, -0.15) is 0 Å². The highest BCUT2D eigenvalue weighted by molar-refractivity contribution is 7.26. The zero-order valence-corrected chi connectivity index (χ0v) is 31.7. The van der Waals surface area contributed by atoms with Crippen LogP contribution in [0.1, 0.15) is 0 Å². The van der Waals surface area contributed by atoms with Gasteiger partial charge in [-0.15, -0.1) is 11.3 Å². The minimum Gasteiger partial charge on any atom is -0.309 e. The zero-order valence-electron chi connectivity index (χ0n) is 30.9. The highest BCUT2D eigenvalue weighted by atomic mass is 32.1. The Morgan fingerprint density at radius 2 is 0.807 bits per heavy atom. The monoisotopic (exact) mass is 742 g/mol. The van der Waals surface area contributed by atoms with E-state index < -0.39 is 0 Å². The first kappa shape index (κ1) is 32.1. The number of fused-ring (bicyclic) bond motifs is 9. The van der Waals surface area contributed by atoms with Crippen molar-refractivity contribution in [3.05, 3.63) is 206 Å². The van der Waals surface area contributed by atoms with Crippen molar-refractivity contribution in [3.63, 3.8) is 0 Å². The summed E-state index contributed by atoms with van der Waals surface area (Å²) in [5.74, 6) is 0. The molecule has 0 saturated heterocycles. The maximum absolute atomic E-state index is 2.47. The molecule has 3 heterocycles.